The van der Waals surface area contributed by atoms with Crippen LogP contribution < -0.4 is 5.32 Å². The molecule has 96 valence electrons. The van der Waals surface area contributed by atoms with Crippen molar-refractivity contribution >= 4 is 0 Å². The smallest absolute Gasteiger partial charge is 0.0304 e. The van der Waals surface area contributed by atoms with E-state index in [4.69, 9.17) is 0 Å². The number of nitrogens with zero attached hydrogens (tertiary/aromatic N) is 1. The van der Waals surface area contributed by atoms with Crippen molar-refractivity contribution in [3.05, 3.63) is 0 Å². The second-order valence-electron chi connectivity index (χ2n) is 5.73. The van der Waals surface area contributed by atoms with E-state index in [9.17, 15) is 0 Å². The zero-order valence-corrected chi connectivity index (χ0v) is 11.7. The zero-order valence-electron chi connectivity index (χ0n) is 11.7. The van der Waals surface area contributed by atoms with E-state index in [0.717, 1.165) is 5.92 Å². The minimum absolute atomic E-state index is 0.399. The molecule has 0 spiro atoms. The van der Waals surface area contributed by atoms with Crippen LogP contribution in [0, 0.1) is 5.92 Å². The lowest BCUT2D eigenvalue weighted by molar-refractivity contribution is 0.121. The minimum Gasteiger partial charge on any atom is -0.309 e. The van der Waals surface area contributed by atoms with Crippen molar-refractivity contribution in [1.82, 2.24) is 10.2 Å². The van der Waals surface area contributed by atoms with Gasteiger partial charge >= 0.3 is 0 Å². The first kappa shape index (κ1) is 14.0. The fourth-order valence-corrected chi connectivity index (χ4v) is 2.68. The molecule has 1 fully saturated rings. The summed E-state index contributed by atoms with van der Waals surface area (Å²) in [6.07, 6.45) is 5.24. The predicted octanol–water partition coefficient (Wildman–Crippen LogP) is 2.89. The van der Waals surface area contributed by atoms with E-state index in [0.29, 0.717) is 5.54 Å². The van der Waals surface area contributed by atoms with Gasteiger partial charge in [0.25, 0.3) is 0 Å². The fourth-order valence-electron chi connectivity index (χ4n) is 2.68. The van der Waals surface area contributed by atoms with Gasteiger partial charge in [0.05, 0.1) is 0 Å². The van der Waals surface area contributed by atoms with Crippen LogP contribution in [0.1, 0.15) is 53.4 Å². The van der Waals surface area contributed by atoms with Crippen LogP contribution in [-0.2, 0) is 0 Å². The second kappa shape index (κ2) is 6.61. The van der Waals surface area contributed by atoms with Gasteiger partial charge in [0.1, 0.15) is 0 Å². The Kier molecular flexibility index (Phi) is 5.77. The monoisotopic (exact) mass is 226 g/mol. The van der Waals surface area contributed by atoms with Crippen molar-refractivity contribution in [2.75, 3.05) is 26.2 Å². The van der Waals surface area contributed by atoms with E-state index >= 15 is 0 Å². The summed E-state index contributed by atoms with van der Waals surface area (Å²) in [5.41, 5.74) is 0.399. The van der Waals surface area contributed by atoms with Gasteiger partial charge in [-0.2, -0.15) is 0 Å². The van der Waals surface area contributed by atoms with Crippen molar-refractivity contribution in [3.8, 4) is 0 Å². The molecular weight excluding hydrogens is 196 g/mol. The van der Waals surface area contributed by atoms with E-state index in [1.165, 1.54) is 51.9 Å². The summed E-state index contributed by atoms with van der Waals surface area (Å²) in [5, 5.41) is 3.72. The van der Waals surface area contributed by atoms with Crippen molar-refractivity contribution in [2.45, 2.75) is 58.9 Å². The minimum atomic E-state index is 0.399. The average molecular weight is 226 g/mol. The molecule has 0 aromatic rings. The lowest BCUT2D eigenvalue weighted by Crippen LogP contribution is -2.59. The molecule has 0 saturated carbocycles. The molecule has 1 aliphatic heterocycles. The summed E-state index contributed by atoms with van der Waals surface area (Å²) < 4.78 is 0. The highest BCUT2D eigenvalue weighted by atomic mass is 15.2. The molecule has 0 aromatic heterocycles. The lowest BCUT2D eigenvalue weighted by Gasteiger charge is -2.43. The molecule has 0 amide bonds. The van der Waals surface area contributed by atoms with Crippen molar-refractivity contribution in [3.63, 3.8) is 0 Å². The molecule has 0 aliphatic carbocycles. The first-order valence-electron chi connectivity index (χ1n) is 7.09. The van der Waals surface area contributed by atoms with Gasteiger partial charge < -0.3 is 10.2 Å². The third-order valence-electron chi connectivity index (χ3n) is 4.06. The second-order valence-corrected chi connectivity index (χ2v) is 5.73. The fraction of sp³-hybridized carbons (Fsp3) is 1.00. The van der Waals surface area contributed by atoms with Crippen molar-refractivity contribution in [2.24, 2.45) is 5.92 Å². The summed E-state index contributed by atoms with van der Waals surface area (Å²) >= 11 is 0. The maximum atomic E-state index is 3.72. The molecule has 1 saturated heterocycles. The van der Waals surface area contributed by atoms with Crippen molar-refractivity contribution < 1.29 is 0 Å². The molecule has 0 unspecified atom stereocenters. The van der Waals surface area contributed by atoms with Gasteiger partial charge in [-0.25, -0.2) is 0 Å². The number of nitrogens with one attached hydrogen (secondary N) is 1. The van der Waals surface area contributed by atoms with Gasteiger partial charge in [-0.15, -0.1) is 0 Å². The van der Waals surface area contributed by atoms with Gasteiger partial charge in [0, 0.05) is 25.2 Å². The van der Waals surface area contributed by atoms with E-state index in [-0.39, 0.29) is 0 Å². The quantitative estimate of drug-likeness (QED) is 0.749. The van der Waals surface area contributed by atoms with Crippen LogP contribution in [0.4, 0.5) is 0 Å². The Morgan fingerprint density at radius 1 is 1.25 bits per heavy atom. The van der Waals surface area contributed by atoms with Crippen LogP contribution in [0.3, 0.4) is 0 Å². The van der Waals surface area contributed by atoms with E-state index in [1.54, 1.807) is 0 Å². The first-order chi connectivity index (χ1) is 7.62. The molecule has 1 heterocycles. The summed E-state index contributed by atoms with van der Waals surface area (Å²) in [4.78, 5) is 2.66. The maximum absolute atomic E-state index is 3.72. The molecule has 0 aromatic carbocycles. The molecule has 16 heavy (non-hydrogen) atoms. The summed E-state index contributed by atoms with van der Waals surface area (Å²) in [6, 6.07) is 0. The van der Waals surface area contributed by atoms with E-state index in [1.807, 2.05) is 0 Å². The Labute approximate surface area is 102 Å². The highest BCUT2D eigenvalue weighted by molar-refractivity contribution is 4.92. The number of piperazine rings is 1. The molecule has 0 bridgehead atoms. The van der Waals surface area contributed by atoms with Gasteiger partial charge in [0.2, 0.25) is 0 Å². The maximum Gasteiger partial charge on any atom is 0.0304 e. The van der Waals surface area contributed by atoms with Gasteiger partial charge in [0.15, 0.2) is 0 Å². The zero-order chi connectivity index (χ0) is 12.0. The SMILES string of the molecule is CCC1(CC)CN(CCCC(C)C)CCN1. The van der Waals surface area contributed by atoms with Crippen molar-refractivity contribution in [1.29, 1.82) is 0 Å². The summed E-state index contributed by atoms with van der Waals surface area (Å²) in [7, 11) is 0. The standard InChI is InChI=1S/C14H30N2/c1-5-14(6-2)12-16(11-9-15-14)10-7-8-13(3)4/h13,15H,5-12H2,1-4H3. The Morgan fingerprint density at radius 2 is 1.94 bits per heavy atom. The number of hydrogen-bond donors (Lipinski definition) is 1. The van der Waals surface area contributed by atoms with Crippen LogP contribution >= 0.6 is 0 Å². The average Bonchev–Trinajstić information content (AvgIpc) is 2.29. The molecule has 1 rings (SSSR count). The lowest BCUT2D eigenvalue weighted by atomic mass is 9.90. The van der Waals surface area contributed by atoms with Gasteiger partial charge in [-0.1, -0.05) is 27.7 Å². The topological polar surface area (TPSA) is 15.3 Å². The number of hydrogen-bond acceptors (Lipinski definition) is 2. The van der Waals surface area contributed by atoms with Crippen LogP contribution in [0.15, 0.2) is 0 Å². The largest absolute Gasteiger partial charge is 0.309 e. The molecular formula is C14H30N2. The highest BCUT2D eigenvalue weighted by Gasteiger charge is 2.31. The number of rotatable bonds is 6. The molecule has 0 atom stereocenters. The highest BCUT2D eigenvalue weighted by Crippen LogP contribution is 2.20. The third kappa shape index (κ3) is 4.06. The Bertz CT molecular complexity index is 185. The van der Waals surface area contributed by atoms with Crippen LogP contribution in [0.2, 0.25) is 0 Å². The van der Waals surface area contributed by atoms with Gasteiger partial charge in [-0.05, 0) is 38.1 Å². The van der Waals surface area contributed by atoms with Crippen LogP contribution in [0.25, 0.3) is 0 Å². The molecule has 0 radical (unpaired) electrons. The summed E-state index contributed by atoms with van der Waals surface area (Å²) in [6.45, 7) is 14.2. The molecule has 1 N–H and O–H groups in total. The van der Waals surface area contributed by atoms with E-state index in [2.05, 4.69) is 37.9 Å². The molecule has 1 aliphatic rings. The Morgan fingerprint density at radius 3 is 2.50 bits per heavy atom. The third-order valence-corrected chi connectivity index (χ3v) is 4.06. The Hall–Kier alpha value is -0.0800. The molecule has 2 nitrogen and oxygen atoms in total. The summed E-state index contributed by atoms with van der Waals surface area (Å²) in [5.74, 6) is 0.852. The van der Waals surface area contributed by atoms with Crippen LogP contribution in [-0.4, -0.2) is 36.6 Å². The normalized spacial score (nSPS) is 21.6. The van der Waals surface area contributed by atoms with Crippen LogP contribution in [0.5, 0.6) is 0 Å². The van der Waals surface area contributed by atoms with Gasteiger partial charge in [-0.3, -0.25) is 0 Å². The molecule has 2 heteroatoms. The van der Waals surface area contributed by atoms with E-state index < -0.39 is 0 Å². The first-order valence-corrected chi connectivity index (χ1v) is 7.09. The predicted molar refractivity (Wildman–Crippen MR) is 71.8 cm³/mol. The Balaban J connectivity index is 2.32.